The maximum absolute atomic E-state index is 13.7. The predicted molar refractivity (Wildman–Crippen MR) is 72.7 cm³/mol. The Morgan fingerprint density at radius 3 is 2.05 bits per heavy atom. The zero-order valence-corrected chi connectivity index (χ0v) is 11.3. The van der Waals surface area contributed by atoms with Gasteiger partial charge in [0, 0.05) is 17.6 Å². The molecule has 2 aromatic carbocycles. The summed E-state index contributed by atoms with van der Waals surface area (Å²) in [4.78, 5) is 0. The van der Waals surface area contributed by atoms with Crippen molar-refractivity contribution < 1.29 is 13.2 Å². The molecule has 0 aromatic heterocycles. The van der Waals surface area contributed by atoms with Crippen LogP contribution in [0.25, 0.3) is 0 Å². The Morgan fingerprint density at radius 1 is 0.800 bits per heavy atom. The minimum absolute atomic E-state index is 0.103. The van der Waals surface area contributed by atoms with Gasteiger partial charge in [0.25, 0.3) is 0 Å². The van der Waals surface area contributed by atoms with Gasteiger partial charge in [0.05, 0.1) is 0 Å². The molecule has 0 fully saturated rings. The summed E-state index contributed by atoms with van der Waals surface area (Å²) in [6, 6.07) is 9.02. The van der Waals surface area contributed by atoms with E-state index in [9.17, 15) is 13.2 Å². The molecule has 1 nitrogen and oxygen atoms in total. The van der Waals surface area contributed by atoms with Crippen LogP contribution in [0.1, 0.15) is 37.1 Å². The summed E-state index contributed by atoms with van der Waals surface area (Å²) < 4.78 is 39.7. The van der Waals surface area contributed by atoms with Gasteiger partial charge in [0.1, 0.15) is 17.5 Å². The van der Waals surface area contributed by atoms with E-state index in [1.807, 2.05) is 6.92 Å². The average molecular weight is 279 g/mol. The molecule has 2 unspecified atom stereocenters. The van der Waals surface area contributed by atoms with Crippen LogP contribution >= 0.6 is 0 Å². The Labute approximate surface area is 116 Å². The number of rotatable bonds is 4. The fraction of sp³-hybridized carbons (Fsp3) is 0.250. The highest BCUT2D eigenvalue weighted by Crippen LogP contribution is 2.22. The third-order valence-corrected chi connectivity index (χ3v) is 3.29. The number of benzene rings is 2. The van der Waals surface area contributed by atoms with Gasteiger partial charge in [-0.2, -0.15) is 0 Å². The van der Waals surface area contributed by atoms with Crippen molar-refractivity contribution in [3.05, 3.63) is 71.0 Å². The molecule has 0 amide bonds. The molecule has 2 rings (SSSR count). The molecular formula is C16H16F3N. The highest BCUT2D eigenvalue weighted by Gasteiger charge is 2.15. The molecule has 0 spiro atoms. The first-order valence-electron chi connectivity index (χ1n) is 6.44. The molecule has 2 aromatic rings. The lowest BCUT2D eigenvalue weighted by Crippen LogP contribution is -2.23. The van der Waals surface area contributed by atoms with Crippen molar-refractivity contribution in [2.24, 2.45) is 0 Å². The summed E-state index contributed by atoms with van der Waals surface area (Å²) in [7, 11) is 0. The molecule has 0 saturated heterocycles. The van der Waals surface area contributed by atoms with E-state index in [1.54, 1.807) is 19.1 Å². The molecule has 20 heavy (non-hydrogen) atoms. The molecule has 2 atom stereocenters. The second-order valence-electron chi connectivity index (χ2n) is 4.83. The van der Waals surface area contributed by atoms with E-state index in [4.69, 9.17) is 0 Å². The molecule has 0 aliphatic heterocycles. The van der Waals surface area contributed by atoms with Crippen LogP contribution in [0.5, 0.6) is 0 Å². The van der Waals surface area contributed by atoms with Gasteiger partial charge in [-0.1, -0.05) is 12.1 Å². The van der Waals surface area contributed by atoms with E-state index in [0.29, 0.717) is 0 Å². The molecule has 0 radical (unpaired) electrons. The van der Waals surface area contributed by atoms with E-state index in [2.05, 4.69) is 5.32 Å². The van der Waals surface area contributed by atoms with E-state index >= 15 is 0 Å². The van der Waals surface area contributed by atoms with E-state index < -0.39 is 11.6 Å². The van der Waals surface area contributed by atoms with Crippen LogP contribution in [0.4, 0.5) is 13.2 Å². The van der Waals surface area contributed by atoms with Crippen molar-refractivity contribution in [1.29, 1.82) is 0 Å². The van der Waals surface area contributed by atoms with Crippen LogP contribution in [0.15, 0.2) is 42.5 Å². The first kappa shape index (κ1) is 14.6. The Bertz CT molecular complexity index is 581. The largest absolute Gasteiger partial charge is 0.304 e. The summed E-state index contributed by atoms with van der Waals surface area (Å²) >= 11 is 0. The normalized spacial score (nSPS) is 14.1. The van der Waals surface area contributed by atoms with Crippen molar-refractivity contribution in [2.45, 2.75) is 25.9 Å². The molecule has 0 aliphatic rings. The molecule has 0 saturated carbocycles. The monoisotopic (exact) mass is 279 g/mol. The van der Waals surface area contributed by atoms with Crippen molar-refractivity contribution in [3.63, 3.8) is 0 Å². The third-order valence-electron chi connectivity index (χ3n) is 3.29. The number of halogens is 3. The van der Waals surface area contributed by atoms with Crippen LogP contribution in [-0.4, -0.2) is 0 Å². The van der Waals surface area contributed by atoms with Crippen molar-refractivity contribution >= 4 is 0 Å². The first-order valence-corrected chi connectivity index (χ1v) is 6.44. The summed E-state index contributed by atoms with van der Waals surface area (Å²) in [6.07, 6.45) is 0. The minimum atomic E-state index is -0.468. The van der Waals surface area contributed by atoms with Crippen LogP contribution in [-0.2, 0) is 0 Å². The van der Waals surface area contributed by atoms with Gasteiger partial charge in [0.2, 0.25) is 0 Å². The van der Waals surface area contributed by atoms with Gasteiger partial charge in [-0.25, -0.2) is 13.2 Å². The van der Waals surface area contributed by atoms with Crippen molar-refractivity contribution in [2.75, 3.05) is 0 Å². The second-order valence-corrected chi connectivity index (χ2v) is 4.83. The van der Waals surface area contributed by atoms with Crippen molar-refractivity contribution in [1.82, 2.24) is 5.32 Å². The summed E-state index contributed by atoms with van der Waals surface area (Å²) in [5.41, 5.74) is 1.16. The smallest absolute Gasteiger partial charge is 0.128 e. The number of hydrogen-bond donors (Lipinski definition) is 1. The second kappa shape index (κ2) is 6.09. The molecule has 0 heterocycles. The molecule has 1 N–H and O–H groups in total. The van der Waals surface area contributed by atoms with E-state index in [1.165, 1.54) is 18.2 Å². The fourth-order valence-corrected chi connectivity index (χ4v) is 2.16. The maximum atomic E-state index is 13.7. The lowest BCUT2D eigenvalue weighted by atomic mass is 10.0. The quantitative estimate of drug-likeness (QED) is 0.868. The van der Waals surface area contributed by atoms with Gasteiger partial charge in [-0.15, -0.1) is 0 Å². The summed E-state index contributed by atoms with van der Waals surface area (Å²) in [5.74, 6) is -1.22. The Kier molecular flexibility index (Phi) is 4.45. The highest BCUT2D eigenvalue weighted by molar-refractivity contribution is 5.24. The Morgan fingerprint density at radius 2 is 1.40 bits per heavy atom. The molecule has 0 bridgehead atoms. The van der Waals surface area contributed by atoms with Gasteiger partial charge in [-0.3, -0.25) is 0 Å². The SMILES string of the molecule is CC(NC(C)c1cc(F)ccc1F)c1ccc(F)cc1. The Balaban J connectivity index is 2.12. The number of hydrogen-bond acceptors (Lipinski definition) is 1. The lowest BCUT2D eigenvalue weighted by Gasteiger charge is -2.21. The topological polar surface area (TPSA) is 12.0 Å². The molecule has 106 valence electrons. The standard InChI is InChI=1S/C16H16F3N/c1-10(12-3-5-13(17)6-4-12)20-11(2)15-9-14(18)7-8-16(15)19/h3-11,20H,1-2H3. The Hall–Kier alpha value is -1.81. The zero-order valence-electron chi connectivity index (χ0n) is 11.3. The van der Waals surface area contributed by atoms with Crippen LogP contribution < -0.4 is 5.32 Å². The molecule has 4 heteroatoms. The number of nitrogens with one attached hydrogen (secondary N) is 1. The van der Waals surface area contributed by atoms with Gasteiger partial charge in [-0.05, 0) is 49.7 Å². The highest BCUT2D eigenvalue weighted by atomic mass is 19.1. The van der Waals surface area contributed by atoms with Gasteiger partial charge < -0.3 is 5.32 Å². The van der Waals surface area contributed by atoms with E-state index in [0.717, 1.165) is 17.7 Å². The first-order chi connectivity index (χ1) is 9.47. The van der Waals surface area contributed by atoms with Crippen molar-refractivity contribution in [3.8, 4) is 0 Å². The van der Waals surface area contributed by atoms with Crippen LogP contribution in [0.3, 0.4) is 0 Å². The molecule has 0 aliphatic carbocycles. The molecular weight excluding hydrogens is 263 g/mol. The zero-order chi connectivity index (χ0) is 14.7. The third kappa shape index (κ3) is 3.39. The van der Waals surface area contributed by atoms with Crippen LogP contribution in [0.2, 0.25) is 0 Å². The van der Waals surface area contributed by atoms with Crippen LogP contribution in [0, 0.1) is 17.5 Å². The maximum Gasteiger partial charge on any atom is 0.128 e. The van der Waals surface area contributed by atoms with Gasteiger partial charge >= 0.3 is 0 Å². The minimum Gasteiger partial charge on any atom is -0.304 e. The fourth-order valence-electron chi connectivity index (χ4n) is 2.16. The average Bonchev–Trinajstić information content (AvgIpc) is 2.42. The van der Waals surface area contributed by atoms with E-state index in [-0.39, 0.29) is 23.5 Å². The summed E-state index contributed by atoms with van der Waals surface area (Å²) in [5, 5.41) is 3.17. The predicted octanol–water partition coefficient (Wildman–Crippen LogP) is 4.52. The lowest BCUT2D eigenvalue weighted by molar-refractivity contribution is 0.469. The summed E-state index contributed by atoms with van der Waals surface area (Å²) in [6.45, 7) is 3.65. The van der Waals surface area contributed by atoms with Gasteiger partial charge in [0.15, 0.2) is 0 Å².